The molecule has 7 heteroatoms. The standard InChI is InChI=1S/C23H21N5O2/c1-13-22(15(3)30-26-13)18-10-19-17(11-21(18)29-4)23-20(12-24-19)25-27-28(23)14(2)16-8-6-5-7-9-16/h5-12,14H,1-4H3/t14-/m1/s1. The molecule has 0 saturated heterocycles. The minimum Gasteiger partial charge on any atom is -0.496 e. The average Bonchev–Trinajstić information content (AvgIpc) is 3.36. The Morgan fingerprint density at radius 1 is 1.07 bits per heavy atom. The summed E-state index contributed by atoms with van der Waals surface area (Å²) >= 11 is 0. The van der Waals surface area contributed by atoms with Crippen LogP contribution in [0.1, 0.15) is 30.0 Å². The highest BCUT2D eigenvalue weighted by molar-refractivity contribution is 6.04. The van der Waals surface area contributed by atoms with Gasteiger partial charge in [0.1, 0.15) is 22.5 Å². The molecule has 1 atom stereocenters. The molecule has 0 spiro atoms. The lowest BCUT2D eigenvalue weighted by Gasteiger charge is -2.15. The van der Waals surface area contributed by atoms with Crippen LogP contribution in [0.3, 0.4) is 0 Å². The molecule has 0 aliphatic heterocycles. The maximum absolute atomic E-state index is 5.75. The van der Waals surface area contributed by atoms with Gasteiger partial charge in [0.05, 0.1) is 36.1 Å². The van der Waals surface area contributed by atoms with Gasteiger partial charge in [-0.2, -0.15) is 0 Å². The number of pyridine rings is 1. The van der Waals surface area contributed by atoms with Gasteiger partial charge in [0.25, 0.3) is 0 Å². The first kappa shape index (κ1) is 18.3. The van der Waals surface area contributed by atoms with E-state index in [0.29, 0.717) is 0 Å². The first-order chi connectivity index (χ1) is 14.6. The number of hydrogen-bond donors (Lipinski definition) is 0. The summed E-state index contributed by atoms with van der Waals surface area (Å²) in [6.45, 7) is 5.94. The number of benzene rings is 2. The van der Waals surface area contributed by atoms with Crippen molar-refractivity contribution in [2.75, 3.05) is 7.11 Å². The van der Waals surface area contributed by atoms with E-state index in [2.05, 4.69) is 39.5 Å². The fourth-order valence-corrected chi connectivity index (χ4v) is 4.03. The van der Waals surface area contributed by atoms with Crippen molar-refractivity contribution >= 4 is 21.9 Å². The van der Waals surface area contributed by atoms with Crippen molar-refractivity contribution in [1.29, 1.82) is 0 Å². The van der Waals surface area contributed by atoms with Crippen molar-refractivity contribution in [1.82, 2.24) is 25.1 Å². The van der Waals surface area contributed by atoms with Crippen LogP contribution in [0.15, 0.2) is 53.2 Å². The van der Waals surface area contributed by atoms with E-state index in [0.717, 1.165) is 55.8 Å². The first-order valence-electron chi connectivity index (χ1n) is 9.78. The Morgan fingerprint density at radius 2 is 1.87 bits per heavy atom. The fraction of sp³-hybridized carbons (Fsp3) is 0.217. The van der Waals surface area contributed by atoms with Crippen LogP contribution >= 0.6 is 0 Å². The quantitative estimate of drug-likeness (QED) is 0.429. The molecule has 0 unspecified atom stereocenters. The molecule has 5 aromatic rings. The van der Waals surface area contributed by atoms with E-state index in [1.807, 2.05) is 48.9 Å². The van der Waals surface area contributed by atoms with Crippen LogP contribution in [-0.2, 0) is 0 Å². The van der Waals surface area contributed by atoms with Gasteiger partial charge in [-0.1, -0.05) is 40.7 Å². The number of fused-ring (bicyclic) bond motifs is 3. The number of ether oxygens (including phenoxy) is 1. The molecule has 0 bridgehead atoms. The van der Waals surface area contributed by atoms with Crippen molar-refractivity contribution in [3.63, 3.8) is 0 Å². The molecule has 0 radical (unpaired) electrons. The molecular weight excluding hydrogens is 378 g/mol. The van der Waals surface area contributed by atoms with E-state index in [1.54, 1.807) is 13.3 Å². The topological polar surface area (TPSA) is 78.9 Å². The Hall–Kier alpha value is -3.74. The average molecular weight is 399 g/mol. The van der Waals surface area contributed by atoms with Gasteiger partial charge in [-0.25, -0.2) is 4.68 Å². The van der Waals surface area contributed by atoms with Crippen LogP contribution in [0.25, 0.3) is 33.1 Å². The van der Waals surface area contributed by atoms with Gasteiger partial charge in [-0.3, -0.25) is 4.98 Å². The zero-order chi connectivity index (χ0) is 20.8. The highest BCUT2D eigenvalue weighted by atomic mass is 16.5. The van der Waals surface area contributed by atoms with E-state index in [-0.39, 0.29) is 6.04 Å². The van der Waals surface area contributed by atoms with Crippen LogP contribution in [0, 0.1) is 13.8 Å². The fourth-order valence-electron chi connectivity index (χ4n) is 4.03. The molecular formula is C23H21N5O2. The molecule has 3 aromatic heterocycles. The summed E-state index contributed by atoms with van der Waals surface area (Å²) in [5.74, 6) is 1.47. The lowest BCUT2D eigenvalue weighted by atomic mass is 10.00. The van der Waals surface area contributed by atoms with Crippen molar-refractivity contribution in [2.45, 2.75) is 26.8 Å². The highest BCUT2D eigenvalue weighted by Gasteiger charge is 2.21. The summed E-state index contributed by atoms with van der Waals surface area (Å²) in [5.41, 5.74) is 6.33. The van der Waals surface area contributed by atoms with Gasteiger partial charge in [-0.05, 0) is 38.5 Å². The molecule has 7 nitrogen and oxygen atoms in total. The third-order valence-corrected chi connectivity index (χ3v) is 5.57. The Morgan fingerprint density at radius 3 is 2.57 bits per heavy atom. The number of aryl methyl sites for hydroxylation is 2. The van der Waals surface area contributed by atoms with Crippen molar-refractivity contribution in [2.24, 2.45) is 0 Å². The van der Waals surface area contributed by atoms with Gasteiger partial charge in [0.2, 0.25) is 0 Å². The minimum atomic E-state index is 0.0232. The summed E-state index contributed by atoms with van der Waals surface area (Å²) in [7, 11) is 1.67. The van der Waals surface area contributed by atoms with E-state index in [1.165, 1.54) is 0 Å². The third-order valence-electron chi connectivity index (χ3n) is 5.57. The number of aromatic nitrogens is 5. The molecule has 2 aromatic carbocycles. The van der Waals surface area contributed by atoms with Gasteiger partial charge in [0.15, 0.2) is 0 Å². The van der Waals surface area contributed by atoms with Crippen molar-refractivity contribution < 1.29 is 9.26 Å². The molecule has 0 aliphatic carbocycles. The third kappa shape index (κ3) is 2.74. The van der Waals surface area contributed by atoms with Crippen LogP contribution in [0.5, 0.6) is 5.75 Å². The largest absolute Gasteiger partial charge is 0.496 e. The molecule has 30 heavy (non-hydrogen) atoms. The predicted octanol–water partition coefficient (Wildman–Crippen LogP) is 4.87. The van der Waals surface area contributed by atoms with Gasteiger partial charge < -0.3 is 9.26 Å². The second kappa shape index (κ2) is 6.95. The zero-order valence-corrected chi connectivity index (χ0v) is 17.2. The monoisotopic (exact) mass is 399 g/mol. The highest BCUT2D eigenvalue weighted by Crippen LogP contribution is 2.39. The number of nitrogens with zero attached hydrogens (tertiary/aromatic N) is 5. The molecule has 5 rings (SSSR count). The number of hydrogen-bond acceptors (Lipinski definition) is 6. The molecule has 3 heterocycles. The number of methoxy groups -OCH3 is 1. The SMILES string of the molecule is COc1cc2c(cc1-c1c(C)noc1C)ncc1nnn([C@H](C)c3ccccc3)c12. The van der Waals surface area contributed by atoms with Crippen LogP contribution < -0.4 is 4.74 Å². The molecule has 0 saturated carbocycles. The summed E-state index contributed by atoms with van der Waals surface area (Å²) < 4.78 is 13.1. The van der Waals surface area contributed by atoms with Gasteiger partial charge in [0, 0.05) is 10.9 Å². The van der Waals surface area contributed by atoms with E-state index >= 15 is 0 Å². The molecule has 150 valence electrons. The maximum Gasteiger partial charge on any atom is 0.141 e. The lowest BCUT2D eigenvalue weighted by Crippen LogP contribution is -2.08. The normalized spacial score (nSPS) is 12.5. The first-order valence-corrected chi connectivity index (χ1v) is 9.78. The summed E-state index contributed by atoms with van der Waals surface area (Å²) in [4.78, 5) is 4.64. The van der Waals surface area contributed by atoms with E-state index in [4.69, 9.17) is 9.26 Å². The van der Waals surface area contributed by atoms with Crippen LogP contribution in [-0.4, -0.2) is 32.2 Å². The van der Waals surface area contributed by atoms with Gasteiger partial charge >= 0.3 is 0 Å². The van der Waals surface area contributed by atoms with Crippen molar-refractivity contribution in [3.8, 4) is 16.9 Å². The minimum absolute atomic E-state index is 0.0232. The Bertz CT molecular complexity index is 1350. The molecule has 0 amide bonds. The molecule has 0 fully saturated rings. The second-order valence-electron chi connectivity index (χ2n) is 7.38. The number of rotatable bonds is 4. The van der Waals surface area contributed by atoms with Crippen LogP contribution in [0.2, 0.25) is 0 Å². The zero-order valence-electron chi connectivity index (χ0n) is 17.2. The smallest absolute Gasteiger partial charge is 0.141 e. The Kier molecular flexibility index (Phi) is 4.24. The Labute approximate surface area is 173 Å². The van der Waals surface area contributed by atoms with Gasteiger partial charge in [-0.15, -0.1) is 5.10 Å². The summed E-state index contributed by atoms with van der Waals surface area (Å²) in [5, 5.41) is 13.8. The van der Waals surface area contributed by atoms with Crippen LogP contribution in [0.4, 0.5) is 0 Å². The summed E-state index contributed by atoms with van der Waals surface area (Å²) in [6, 6.07) is 14.3. The second-order valence-corrected chi connectivity index (χ2v) is 7.38. The van der Waals surface area contributed by atoms with E-state index in [9.17, 15) is 0 Å². The summed E-state index contributed by atoms with van der Waals surface area (Å²) in [6.07, 6.45) is 1.77. The molecule has 0 aliphatic rings. The lowest BCUT2D eigenvalue weighted by molar-refractivity contribution is 0.393. The maximum atomic E-state index is 5.75. The Balaban J connectivity index is 1.77. The molecule has 0 N–H and O–H groups in total. The predicted molar refractivity (Wildman–Crippen MR) is 115 cm³/mol. The van der Waals surface area contributed by atoms with Crippen molar-refractivity contribution in [3.05, 3.63) is 65.7 Å². The van der Waals surface area contributed by atoms with E-state index < -0.39 is 0 Å².